The van der Waals surface area contributed by atoms with E-state index in [1.807, 2.05) is 34.9 Å². The minimum atomic E-state index is -1.39. The van der Waals surface area contributed by atoms with Gasteiger partial charge in [0.25, 0.3) is 5.56 Å². The molecule has 8 heteroatoms. The van der Waals surface area contributed by atoms with Crippen LogP contribution in [0.5, 0.6) is 0 Å². The zero-order chi connectivity index (χ0) is 25.8. The monoisotopic (exact) mass is 490 g/mol. The van der Waals surface area contributed by atoms with Crippen molar-refractivity contribution in [2.24, 2.45) is 11.3 Å². The molecule has 36 heavy (non-hydrogen) atoms. The van der Waals surface area contributed by atoms with Crippen molar-refractivity contribution in [1.29, 1.82) is 0 Å². The van der Waals surface area contributed by atoms with Crippen molar-refractivity contribution in [2.75, 3.05) is 33.7 Å². The highest BCUT2D eigenvalue weighted by Crippen LogP contribution is 2.39. The lowest BCUT2D eigenvalue weighted by molar-refractivity contribution is -0.159. The van der Waals surface area contributed by atoms with E-state index in [1.165, 1.54) is 19.7 Å². The second-order valence-electron chi connectivity index (χ2n) is 11.1. The number of amides is 4. The summed E-state index contributed by atoms with van der Waals surface area (Å²) in [6.45, 7) is 6.50. The molecule has 0 aliphatic carbocycles. The van der Waals surface area contributed by atoms with Gasteiger partial charge in [-0.05, 0) is 41.9 Å². The number of carbonyl (C=O) groups excluding carboxylic acids is 3. The highest BCUT2D eigenvalue weighted by Gasteiger charge is 2.56. The fourth-order valence-electron chi connectivity index (χ4n) is 6.35. The summed E-state index contributed by atoms with van der Waals surface area (Å²) in [5, 5.41) is 0. The molecule has 0 saturated carbocycles. The summed E-state index contributed by atoms with van der Waals surface area (Å²) in [6, 6.07) is 12.9. The minimum absolute atomic E-state index is 0.0244. The number of urea groups is 1. The molecule has 4 heterocycles. The third kappa shape index (κ3) is 3.97. The summed E-state index contributed by atoms with van der Waals surface area (Å²) in [5.41, 5.74) is 1.74. The van der Waals surface area contributed by atoms with Crippen LogP contribution in [0.4, 0.5) is 4.79 Å². The Balaban J connectivity index is 1.49. The van der Waals surface area contributed by atoms with Crippen LogP contribution in [0.25, 0.3) is 0 Å². The van der Waals surface area contributed by atoms with E-state index in [0.717, 1.165) is 27.5 Å². The fraction of sp³-hybridized carbons (Fsp3) is 0.500. The third-order valence-electron chi connectivity index (χ3n) is 8.20. The molecule has 2 atom stereocenters. The van der Waals surface area contributed by atoms with E-state index in [0.29, 0.717) is 25.6 Å². The number of hydrogen-bond acceptors (Lipinski definition) is 5. The third-order valence-corrected chi connectivity index (χ3v) is 8.20. The molecule has 2 saturated heterocycles. The number of benzene rings is 1. The Morgan fingerprint density at radius 1 is 0.889 bits per heavy atom. The van der Waals surface area contributed by atoms with Gasteiger partial charge in [-0.15, -0.1) is 0 Å². The fourth-order valence-corrected chi connectivity index (χ4v) is 6.35. The molecule has 1 aromatic carbocycles. The van der Waals surface area contributed by atoms with Crippen LogP contribution in [0.2, 0.25) is 0 Å². The molecule has 2 aromatic rings. The Labute approximate surface area is 211 Å². The van der Waals surface area contributed by atoms with Gasteiger partial charge in [0.15, 0.2) is 0 Å². The van der Waals surface area contributed by atoms with Gasteiger partial charge < -0.3 is 9.47 Å². The SMILES string of the molecule is CC(C)c1ccc(CC2(CN3C[C@H]4C[C@H](C3)c3cccc(=O)n3C4)C(=O)N(C)C(=O)N(C)C2=O)cc1. The zero-order valence-corrected chi connectivity index (χ0v) is 21.4. The van der Waals surface area contributed by atoms with Crippen molar-refractivity contribution in [3.63, 3.8) is 0 Å². The molecule has 3 aliphatic rings. The van der Waals surface area contributed by atoms with Crippen LogP contribution < -0.4 is 5.56 Å². The van der Waals surface area contributed by atoms with E-state index in [-0.39, 0.29) is 30.4 Å². The van der Waals surface area contributed by atoms with Gasteiger partial charge in [-0.3, -0.25) is 24.2 Å². The van der Waals surface area contributed by atoms with E-state index >= 15 is 0 Å². The average Bonchev–Trinajstić information content (AvgIpc) is 2.86. The Morgan fingerprint density at radius 2 is 1.56 bits per heavy atom. The molecule has 8 nitrogen and oxygen atoms in total. The highest BCUT2D eigenvalue weighted by atomic mass is 16.2. The number of barbiturate groups is 1. The van der Waals surface area contributed by atoms with Crippen LogP contribution in [0.3, 0.4) is 0 Å². The first-order valence-corrected chi connectivity index (χ1v) is 12.7. The maximum absolute atomic E-state index is 13.7. The van der Waals surface area contributed by atoms with Gasteiger partial charge in [0.05, 0.1) is 0 Å². The second kappa shape index (κ2) is 9.00. The first-order chi connectivity index (χ1) is 17.1. The van der Waals surface area contributed by atoms with Gasteiger partial charge in [-0.25, -0.2) is 4.79 Å². The van der Waals surface area contributed by atoms with Gasteiger partial charge in [-0.1, -0.05) is 44.2 Å². The van der Waals surface area contributed by atoms with Crippen molar-refractivity contribution in [3.8, 4) is 0 Å². The van der Waals surface area contributed by atoms with Crippen LogP contribution >= 0.6 is 0 Å². The lowest BCUT2D eigenvalue weighted by Crippen LogP contribution is -2.67. The van der Waals surface area contributed by atoms with Gasteiger partial charge in [0.2, 0.25) is 11.8 Å². The number of imide groups is 2. The largest absolute Gasteiger partial charge is 0.332 e. The summed E-state index contributed by atoms with van der Waals surface area (Å²) < 4.78 is 1.87. The summed E-state index contributed by atoms with van der Waals surface area (Å²) in [5.74, 6) is -0.0833. The van der Waals surface area contributed by atoms with E-state index < -0.39 is 23.3 Å². The molecule has 0 N–H and O–H groups in total. The van der Waals surface area contributed by atoms with Crippen LogP contribution in [-0.4, -0.2) is 70.8 Å². The lowest BCUT2D eigenvalue weighted by Gasteiger charge is -2.48. The number of carbonyl (C=O) groups is 3. The molecule has 0 spiro atoms. The molecule has 0 radical (unpaired) electrons. The van der Waals surface area contributed by atoms with E-state index in [2.05, 4.69) is 18.7 Å². The minimum Gasteiger partial charge on any atom is -0.312 e. The maximum Gasteiger partial charge on any atom is 0.332 e. The highest BCUT2D eigenvalue weighted by molar-refractivity contribution is 6.19. The predicted octanol–water partition coefficient (Wildman–Crippen LogP) is 2.67. The van der Waals surface area contributed by atoms with Gasteiger partial charge in [-0.2, -0.15) is 0 Å². The first-order valence-electron chi connectivity index (χ1n) is 12.7. The zero-order valence-electron chi connectivity index (χ0n) is 21.4. The molecular formula is C28H34N4O4. The number of pyridine rings is 1. The molecule has 3 aliphatic heterocycles. The Hall–Kier alpha value is -3.26. The van der Waals surface area contributed by atoms with E-state index in [4.69, 9.17) is 0 Å². The topological polar surface area (TPSA) is 82.9 Å². The summed E-state index contributed by atoms with van der Waals surface area (Å²) in [6.07, 6.45) is 1.22. The van der Waals surface area contributed by atoms with Crippen LogP contribution in [0.1, 0.15) is 48.9 Å². The lowest BCUT2D eigenvalue weighted by atomic mass is 9.75. The number of fused-ring (bicyclic) bond motifs is 4. The Bertz CT molecular complexity index is 1240. The van der Waals surface area contributed by atoms with E-state index in [1.54, 1.807) is 12.1 Å². The van der Waals surface area contributed by atoms with Crippen molar-refractivity contribution in [2.45, 2.75) is 45.1 Å². The predicted molar refractivity (Wildman–Crippen MR) is 136 cm³/mol. The quantitative estimate of drug-likeness (QED) is 0.602. The first kappa shape index (κ1) is 24.4. The molecular weight excluding hydrogens is 456 g/mol. The van der Waals surface area contributed by atoms with Crippen LogP contribution in [0.15, 0.2) is 47.3 Å². The molecule has 5 rings (SSSR count). The number of nitrogens with zero attached hydrogens (tertiary/aromatic N) is 4. The molecule has 4 amide bonds. The van der Waals surface area contributed by atoms with Crippen LogP contribution in [-0.2, 0) is 22.6 Å². The van der Waals surface area contributed by atoms with Gasteiger partial charge in [0, 0.05) is 58.0 Å². The smallest absolute Gasteiger partial charge is 0.312 e. The summed E-state index contributed by atoms with van der Waals surface area (Å²) >= 11 is 0. The number of hydrogen-bond donors (Lipinski definition) is 0. The van der Waals surface area contributed by atoms with E-state index in [9.17, 15) is 19.2 Å². The number of aromatic nitrogens is 1. The Morgan fingerprint density at radius 3 is 2.19 bits per heavy atom. The normalized spacial score (nSPS) is 23.9. The molecule has 1 aromatic heterocycles. The van der Waals surface area contributed by atoms with Crippen LogP contribution in [0, 0.1) is 11.3 Å². The standard InChI is InChI=1S/C28H34N4O4/c1-18(2)21-10-8-19(9-11-21)13-28(25(34)29(3)27(36)30(4)26(28)35)17-31-14-20-12-22(16-31)23-6-5-7-24(33)32(23)15-20/h5-11,18,20,22H,12-17H2,1-4H3/t20-,22-/m1/s1. The average molecular weight is 491 g/mol. The molecule has 2 fully saturated rings. The molecule has 190 valence electrons. The second-order valence-corrected chi connectivity index (χ2v) is 11.1. The maximum atomic E-state index is 13.7. The van der Waals surface area contributed by atoms with Crippen molar-refractivity contribution >= 4 is 17.8 Å². The van der Waals surface area contributed by atoms with Crippen molar-refractivity contribution in [3.05, 3.63) is 69.6 Å². The van der Waals surface area contributed by atoms with Crippen molar-refractivity contribution < 1.29 is 14.4 Å². The number of rotatable bonds is 5. The summed E-state index contributed by atoms with van der Waals surface area (Å²) in [4.78, 5) is 56.9. The van der Waals surface area contributed by atoms with Gasteiger partial charge >= 0.3 is 6.03 Å². The van der Waals surface area contributed by atoms with Crippen molar-refractivity contribution in [1.82, 2.24) is 19.3 Å². The number of likely N-dealkylation sites (tertiary alicyclic amines) is 1. The Kier molecular flexibility index (Phi) is 6.11. The molecule has 0 unspecified atom stereocenters. The summed E-state index contributed by atoms with van der Waals surface area (Å²) in [7, 11) is 2.91. The number of piperidine rings is 1. The molecule has 2 bridgehead atoms. The van der Waals surface area contributed by atoms with Gasteiger partial charge in [0.1, 0.15) is 5.41 Å².